The van der Waals surface area contributed by atoms with Gasteiger partial charge in [0.2, 0.25) is 11.6 Å². The number of carbonyl (C=O) groups is 1. The number of rotatable bonds is 4. The Morgan fingerprint density at radius 1 is 1.39 bits per heavy atom. The monoisotopic (exact) mass is 246 g/mol. The molecule has 1 aromatic carbocycles. The van der Waals surface area contributed by atoms with E-state index < -0.39 is 0 Å². The van der Waals surface area contributed by atoms with Crippen molar-refractivity contribution in [3.05, 3.63) is 36.0 Å². The highest BCUT2D eigenvalue weighted by Crippen LogP contribution is 2.27. The molecule has 0 saturated carbocycles. The summed E-state index contributed by atoms with van der Waals surface area (Å²) in [5, 5.41) is 2.50. The van der Waals surface area contributed by atoms with Crippen molar-refractivity contribution in [3.8, 4) is 17.4 Å². The van der Waals surface area contributed by atoms with E-state index >= 15 is 0 Å². The minimum absolute atomic E-state index is 0.149. The highest BCUT2D eigenvalue weighted by Gasteiger charge is 2.21. The van der Waals surface area contributed by atoms with Crippen molar-refractivity contribution < 1.29 is 13.9 Å². The third kappa shape index (κ3) is 2.34. The largest absolute Gasteiger partial charge is 0.464 e. The quantitative estimate of drug-likeness (QED) is 0.897. The number of hydrogen-bond donors (Lipinski definition) is 1. The molecule has 5 heteroatoms. The van der Waals surface area contributed by atoms with Gasteiger partial charge >= 0.3 is 5.95 Å². The second-order valence-electron chi connectivity index (χ2n) is 3.53. The predicted molar refractivity (Wildman–Crippen MR) is 66.5 cm³/mol. The third-order valence-electron chi connectivity index (χ3n) is 2.33. The topological polar surface area (TPSA) is 64.4 Å². The lowest BCUT2D eigenvalue weighted by molar-refractivity contribution is 0.0952. The van der Waals surface area contributed by atoms with E-state index in [1.165, 1.54) is 7.05 Å². The van der Waals surface area contributed by atoms with E-state index in [0.29, 0.717) is 12.5 Å². The number of oxazole rings is 1. The SMILES string of the molecule is CCOc1oc(-c2ccccc2)nc1C(=O)NC. The van der Waals surface area contributed by atoms with Gasteiger partial charge in [-0.15, -0.1) is 0 Å². The van der Waals surface area contributed by atoms with E-state index in [9.17, 15) is 4.79 Å². The first-order valence-corrected chi connectivity index (χ1v) is 5.67. The summed E-state index contributed by atoms with van der Waals surface area (Å²) in [5.41, 5.74) is 0.965. The van der Waals surface area contributed by atoms with Crippen LogP contribution in [0.1, 0.15) is 17.4 Å². The first-order chi connectivity index (χ1) is 8.76. The molecule has 0 aliphatic rings. The molecule has 1 heterocycles. The molecule has 18 heavy (non-hydrogen) atoms. The molecule has 0 aliphatic carbocycles. The van der Waals surface area contributed by atoms with Gasteiger partial charge in [-0.25, -0.2) is 0 Å². The summed E-state index contributed by atoms with van der Waals surface area (Å²) in [5.74, 6) is 0.192. The number of nitrogens with zero attached hydrogens (tertiary/aromatic N) is 1. The van der Waals surface area contributed by atoms with Crippen LogP contribution in [-0.4, -0.2) is 24.5 Å². The van der Waals surface area contributed by atoms with Gasteiger partial charge in [0.25, 0.3) is 5.91 Å². The van der Waals surface area contributed by atoms with Gasteiger partial charge in [0.1, 0.15) is 0 Å². The van der Waals surface area contributed by atoms with Crippen LogP contribution in [0.2, 0.25) is 0 Å². The van der Waals surface area contributed by atoms with Crippen LogP contribution in [0.4, 0.5) is 0 Å². The van der Waals surface area contributed by atoms with Gasteiger partial charge in [-0.1, -0.05) is 18.2 Å². The first-order valence-electron chi connectivity index (χ1n) is 5.67. The molecule has 1 amide bonds. The zero-order valence-corrected chi connectivity index (χ0v) is 10.3. The Bertz CT molecular complexity index is 534. The van der Waals surface area contributed by atoms with E-state index in [1.807, 2.05) is 37.3 Å². The molecule has 0 atom stereocenters. The van der Waals surface area contributed by atoms with Crippen LogP contribution in [0.3, 0.4) is 0 Å². The van der Waals surface area contributed by atoms with Gasteiger partial charge in [0.15, 0.2) is 0 Å². The number of nitrogens with one attached hydrogen (secondary N) is 1. The number of carbonyl (C=O) groups excluding carboxylic acids is 1. The number of benzene rings is 1. The maximum atomic E-state index is 11.6. The van der Waals surface area contributed by atoms with Crippen LogP contribution in [0.15, 0.2) is 34.7 Å². The molecule has 2 aromatic rings. The maximum absolute atomic E-state index is 11.6. The fraction of sp³-hybridized carbons (Fsp3) is 0.231. The van der Waals surface area contributed by atoms with Crippen LogP contribution in [0, 0.1) is 0 Å². The molecular weight excluding hydrogens is 232 g/mol. The zero-order valence-electron chi connectivity index (χ0n) is 10.3. The van der Waals surface area contributed by atoms with Crippen LogP contribution in [0.25, 0.3) is 11.5 Å². The summed E-state index contributed by atoms with van der Waals surface area (Å²) in [7, 11) is 1.54. The Labute approximate surface area is 105 Å². The fourth-order valence-corrected chi connectivity index (χ4v) is 1.50. The summed E-state index contributed by atoms with van der Waals surface area (Å²) in [6, 6.07) is 9.36. The van der Waals surface area contributed by atoms with Crippen molar-refractivity contribution in [2.45, 2.75) is 6.92 Å². The predicted octanol–water partition coefficient (Wildman–Crippen LogP) is 2.10. The minimum atomic E-state index is -0.329. The van der Waals surface area contributed by atoms with Crippen LogP contribution >= 0.6 is 0 Å². The Morgan fingerprint density at radius 3 is 2.72 bits per heavy atom. The molecule has 0 saturated heterocycles. The normalized spacial score (nSPS) is 10.1. The third-order valence-corrected chi connectivity index (χ3v) is 2.33. The Morgan fingerprint density at radius 2 is 2.11 bits per heavy atom. The minimum Gasteiger partial charge on any atom is -0.464 e. The first kappa shape index (κ1) is 12.2. The summed E-state index contributed by atoms with van der Waals surface area (Å²) >= 11 is 0. The smallest absolute Gasteiger partial charge is 0.319 e. The number of hydrogen-bond acceptors (Lipinski definition) is 4. The van der Waals surface area contributed by atoms with Gasteiger partial charge < -0.3 is 14.5 Å². The Kier molecular flexibility index (Phi) is 3.62. The second-order valence-corrected chi connectivity index (χ2v) is 3.53. The van der Waals surface area contributed by atoms with E-state index in [4.69, 9.17) is 9.15 Å². The fourth-order valence-electron chi connectivity index (χ4n) is 1.50. The average Bonchev–Trinajstić information content (AvgIpc) is 2.83. The highest BCUT2D eigenvalue weighted by molar-refractivity contribution is 5.94. The molecule has 0 bridgehead atoms. The van der Waals surface area contributed by atoms with Crippen molar-refractivity contribution in [1.29, 1.82) is 0 Å². The lowest BCUT2D eigenvalue weighted by Crippen LogP contribution is -2.19. The summed E-state index contributed by atoms with van der Waals surface area (Å²) < 4.78 is 10.7. The molecule has 0 unspecified atom stereocenters. The molecule has 2 rings (SSSR count). The summed E-state index contributed by atoms with van der Waals surface area (Å²) in [6.07, 6.45) is 0. The molecule has 0 radical (unpaired) electrons. The summed E-state index contributed by atoms with van der Waals surface area (Å²) in [6.45, 7) is 2.23. The molecule has 0 aliphatic heterocycles. The second kappa shape index (κ2) is 5.35. The lowest BCUT2D eigenvalue weighted by atomic mass is 10.2. The number of amides is 1. The van der Waals surface area contributed by atoms with Gasteiger partial charge in [-0.3, -0.25) is 4.79 Å². The molecule has 5 nitrogen and oxygen atoms in total. The Balaban J connectivity index is 2.42. The Hall–Kier alpha value is -2.30. The van der Waals surface area contributed by atoms with Crippen molar-refractivity contribution in [2.24, 2.45) is 0 Å². The van der Waals surface area contributed by atoms with Gasteiger partial charge in [0.05, 0.1) is 6.61 Å². The highest BCUT2D eigenvalue weighted by atomic mass is 16.6. The van der Waals surface area contributed by atoms with Crippen LogP contribution < -0.4 is 10.1 Å². The van der Waals surface area contributed by atoms with Crippen LogP contribution in [-0.2, 0) is 0 Å². The van der Waals surface area contributed by atoms with E-state index in [-0.39, 0.29) is 17.5 Å². The number of ether oxygens (including phenoxy) is 1. The van der Waals surface area contributed by atoms with E-state index in [2.05, 4.69) is 10.3 Å². The standard InChI is InChI=1S/C13H14N2O3/c1-3-17-13-10(11(16)14-2)15-12(18-13)9-7-5-4-6-8-9/h4-8H,3H2,1-2H3,(H,14,16). The molecular formula is C13H14N2O3. The molecule has 1 N–H and O–H groups in total. The average molecular weight is 246 g/mol. The number of aromatic nitrogens is 1. The molecule has 0 fully saturated rings. The van der Waals surface area contributed by atoms with Gasteiger partial charge in [0, 0.05) is 12.6 Å². The molecule has 94 valence electrons. The van der Waals surface area contributed by atoms with Crippen molar-refractivity contribution in [3.63, 3.8) is 0 Å². The van der Waals surface area contributed by atoms with E-state index in [1.54, 1.807) is 0 Å². The maximum Gasteiger partial charge on any atom is 0.319 e. The zero-order chi connectivity index (χ0) is 13.0. The summed E-state index contributed by atoms with van der Waals surface area (Å²) in [4.78, 5) is 15.8. The van der Waals surface area contributed by atoms with Crippen LogP contribution in [0.5, 0.6) is 5.95 Å². The van der Waals surface area contributed by atoms with Crippen molar-refractivity contribution >= 4 is 5.91 Å². The van der Waals surface area contributed by atoms with E-state index in [0.717, 1.165) is 5.56 Å². The van der Waals surface area contributed by atoms with Crippen molar-refractivity contribution in [2.75, 3.05) is 13.7 Å². The van der Waals surface area contributed by atoms with Crippen molar-refractivity contribution in [1.82, 2.24) is 10.3 Å². The lowest BCUT2D eigenvalue weighted by Gasteiger charge is -1.99. The molecule has 1 aromatic heterocycles. The van der Waals surface area contributed by atoms with Gasteiger partial charge in [-0.05, 0) is 19.1 Å². The molecule has 0 spiro atoms. The van der Waals surface area contributed by atoms with Gasteiger partial charge in [-0.2, -0.15) is 4.98 Å².